The molecule has 6 aliphatic rings. The van der Waals surface area contributed by atoms with E-state index in [0.717, 1.165) is 93.6 Å². The number of nitriles is 1. The lowest BCUT2D eigenvalue weighted by molar-refractivity contribution is -0.138. The number of carbonyl (C=O) groups excluding carboxylic acids is 5. The highest BCUT2D eigenvalue weighted by molar-refractivity contribution is 6.23. The van der Waals surface area contributed by atoms with E-state index in [0.29, 0.717) is 42.4 Å². The number of imide groups is 2. The van der Waals surface area contributed by atoms with Crippen molar-refractivity contribution >= 4 is 57.6 Å². The summed E-state index contributed by atoms with van der Waals surface area (Å²) in [7, 11) is 1.66. The summed E-state index contributed by atoms with van der Waals surface area (Å²) in [4.78, 5) is 89.0. The molecule has 2 N–H and O–H groups in total. The average Bonchev–Trinajstić information content (AvgIpc) is 3.66. The van der Waals surface area contributed by atoms with Crippen LogP contribution in [0.4, 0.5) is 30.2 Å². The van der Waals surface area contributed by atoms with E-state index >= 15 is 0 Å². The van der Waals surface area contributed by atoms with Crippen molar-refractivity contribution < 1.29 is 37.1 Å². The Morgan fingerprint density at radius 3 is 2.12 bits per heavy atom. The summed E-state index contributed by atoms with van der Waals surface area (Å²) in [6, 6.07) is 15.6. The highest BCUT2D eigenvalue weighted by Gasteiger charge is 2.49. The highest BCUT2D eigenvalue weighted by atomic mass is 19.4. The maximum absolute atomic E-state index is 13.9. The van der Waals surface area contributed by atoms with Gasteiger partial charge in [0.1, 0.15) is 11.6 Å². The maximum atomic E-state index is 13.9. The minimum Gasteiger partial charge on any atom is -0.371 e. The number of likely N-dealkylation sites (tertiary alicyclic amines) is 1. The van der Waals surface area contributed by atoms with Gasteiger partial charge in [0.15, 0.2) is 0 Å². The van der Waals surface area contributed by atoms with E-state index in [1.807, 2.05) is 24.3 Å². The number of anilines is 3. The number of aromatic nitrogens is 2. The third-order valence-electron chi connectivity index (χ3n) is 14.6. The van der Waals surface area contributed by atoms with Gasteiger partial charge in [0.05, 0.1) is 39.4 Å². The summed E-state index contributed by atoms with van der Waals surface area (Å²) >= 11 is 0. The molecule has 1 atom stereocenters. The number of rotatable bonds is 8. The van der Waals surface area contributed by atoms with Gasteiger partial charge in [0, 0.05) is 95.0 Å². The lowest BCUT2D eigenvalue weighted by Crippen LogP contribution is -2.66. The number of hydrogen-bond donors (Lipinski definition) is 2. The van der Waals surface area contributed by atoms with Crippen LogP contribution in [-0.4, -0.2) is 124 Å². The number of benzene rings is 3. The molecule has 3 aromatic carbocycles. The number of carbonyl (C=O) groups is 5. The van der Waals surface area contributed by atoms with E-state index < -0.39 is 58.4 Å². The van der Waals surface area contributed by atoms with Crippen molar-refractivity contribution in [2.24, 2.45) is 7.05 Å². The molecule has 5 aliphatic heterocycles. The maximum Gasteiger partial charge on any atom is 0.417 e. The van der Waals surface area contributed by atoms with E-state index in [4.69, 9.17) is 0 Å². The van der Waals surface area contributed by atoms with Crippen LogP contribution in [0.2, 0.25) is 0 Å². The fourth-order valence-electron chi connectivity index (χ4n) is 10.7. The number of aryl methyl sites for hydroxylation is 1. The van der Waals surface area contributed by atoms with E-state index in [-0.39, 0.29) is 35.3 Å². The Morgan fingerprint density at radius 2 is 1.46 bits per heavy atom. The van der Waals surface area contributed by atoms with Gasteiger partial charge in [-0.2, -0.15) is 18.4 Å². The Balaban J connectivity index is 0.731. The Kier molecular flexibility index (Phi) is 10.4. The molecule has 4 saturated heterocycles. The first-order valence-corrected chi connectivity index (χ1v) is 22.1. The standard InChI is InChI=1S/C46H47F3N10O6/c1-53-38-23-31(6-8-36(38)59(44(53)65)45(13-2-14-45)43(64)51-28-4-3-27(24-50)35(21-28)46(47,48)49)54-15-11-29(12-16-54)57-25-32(26-57)56-19-17-55(18-20-56)30-5-7-33-34(22-30)42(63)58(41(33)62)37-9-10-39(60)52-40(37)61/h3-8,21-23,29,32,37H,2,9-20,25-26H2,1H3,(H,51,64)(H,52,60,61). The molecular weight excluding hydrogens is 846 g/mol. The van der Waals surface area contributed by atoms with Gasteiger partial charge in [-0.3, -0.25) is 53.1 Å². The van der Waals surface area contributed by atoms with E-state index in [2.05, 4.69) is 30.2 Å². The summed E-state index contributed by atoms with van der Waals surface area (Å²) in [6.07, 6.45) is -1.27. The van der Waals surface area contributed by atoms with Crippen LogP contribution in [0.3, 0.4) is 0 Å². The predicted molar refractivity (Wildman–Crippen MR) is 231 cm³/mol. The molecule has 4 aromatic rings. The van der Waals surface area contributed by atoms with Crippen molar-refractivity contribution in [3.63, 3.8) is 0 Å². The molecule has 6 heterocycles. The Bertz CT molecular complexity index is 2770. The van der Waals surface area contributed by atoms with Gasteiger partial charge in [-0.25, -0.2) is 4.79 Å². The van der Waals surface area contributed by atoms with Crippen LogP contribution in [0.1, 0.15) is 76.8 Å². The number of piperidine rings is 2. The molecule has 0 bridgehead atoms. The lowest BCUT2D eigenvalue weighted by atomic mass is 9.75. The molecule has 0 radical (unpaired) electrons. The van der Waals surface area contributed by atoms with Crippen LogP contribution in [0.15, 0.2) is 59.4 Å². The lowest BCUT2D eigenvalue weighted by Gasteiger charge is -2.52. The van der Waals surface area contributed by atoms with Gasteiger partial charge in [-0.1, -0.05) is 0 Å². The Hall–Kier alpha value is -6.52. The van der Waals surface area contributed by atoms with Gasteiger partial charge < -0.3 is 15.1 Å². The fourth-order valence-corrected chi connectivity index (χ4v) is 10.7. The molecular formula is C46H47F3N10O6. The van der Waals surface area contributed by atoms with Crippen LogP contribution in [0.25, 0.3) is 11.0 Å². The van der Waals surface area contributed by atoms with Crippen LogP contribution < -0.4 is 26.1 Å². The summed E-state index contributed by atoms with van der Waals surface area (Å²) in [5, 5.41) is 14.0. The summed E-state index contributed by atoms with van der Waals surface area (Å²) in [5.74, 6) is -2.63. The van der Waals surface area contributed by atoms with Crippen LogP contribution >= 0.6 is 0 Å². The third-order valence-corrected chi connectivity index (χ3v) is 14.6. The van der Waals surface area contributed by atoms with Gasteiger partial charge >= 0.3 is 11.9 Å². The third kappa shape index (κ3) is 7.13. The van der Waals surface area contributed by atoms with Gasteiger partial charge in [-0.15, -0.1) is 0 Å². The molecule has 0 spiro atoms. The summed E-state index contributed by atoms with van der Waals surface area (Å²) in [6.45, 7) is 6.91. The first kappa shape index (κ1) is 42.4. The minimum absolute atomic E-state index is 0.0713. The SMILES string of the molecule is Cn1c(=O)n(C2(C(=O)Nc3ccc(C#N)c(C(F)(F)F)c3)CCC2)c2ccc(N3CCC(N4CC(N5CCN(c6ccc7c(c6)C(=O)N(C6CCC(=O)NC6=O)C7=O)CC5)C4)CC3)cc21. The molecule has 1 saturated carbocycles. The smallest absolute Gasteiger partial charge is 0.371 e. The topological polar surface area (TPSA) is 176 Å². The molecule has 65 heavy (non-hydrogen) atoms. The zero-order chi connectivity index (χ0) is 45.5. The molecule has 5 amide bonds. The molecule has 19 heteroatoms. The molecule has 1 unspecified atom stereocenters. The molecule has 1 aliphatic carbocycles. The molecule has 10 rings (SSSR count). The average molecular weight is 893 g/mol. The predicted octanol–water partition coefficient (Wildman–Crippen LogP) is 3.62. The van der Waals surface area contributed by atoms with Crippen LogP contribution in [0, 0.1) is 11.3 Å². The quantitative estimate of drug-likeness (QED) is 0.247. The van der Waals surface area contributed by atoms with E-state index in [9.17, 15) is 47.2 Å². The second kappa shape index (κ2) is 15.9. The Morgan fingerprint density at radius 1 is 0.785 bits per heavy atom. The van der Waals surface area contributed by atoms with E-state index in [1.54, 1.807) is 25.2 Å². The van der Waals surface area contributed by atoms with E-state index in [1.165, 1.54) is 15.2 Å². The number of halogens is 3. The molecule has 16 nitrogen and oxygen atoms in total. The zero-order valence-corrected chi connectivity index (χ0v) is 35.7. The number of fused-ring (bicyclic) bond motifs is 2. The van der Waals surface area contributed by atoms with Crippen molar-refractivity contribution in [2.75, 3.05) is 67.5 Å². The Labute approximate surface area is 371 Å². The number of nitrogens with zero attached hydrogens (tertiary/aromatic N) is 8. The second-order valence-corrected chi connectivity index (χ2v) is 18.1. The molecule has 5 fully saturated rings. The monoisotopic (exact) mass is 892 g/mol. The number of imidazole rings is 1. The number of alkyl halides is 3. The van der Waals surface area contributed by atoms with Crippen LogP contribution in [-0.2, 0) is 33.1 Å². The van der Waals surface area contributed by atoms with Crippen molar-refractivity contribution in [2.45, 2.75) is 74.8 Å². The van der Waals surface area contributed by atoms with Gasteiger partial charge in [0.25, 0.3) is 17.7 Å². The number of nitrogens with one attached hydrogen (secondary N) is 2. The summed E-state index contributed by atoms with van der Waals surface area (Å²) < 4.78 is 44.0. The first-order chi connectivity index (χ1) is 31.1. The zero-order valence-electron chi connectivity index (χ0n) is 35.7. The number of amides is 5. The normalized spacial score (nSPS) is 22.1. The molecule has 1 aromatic heterocycles. The number of piperazine rings is 1. The fraction of sp³-hybridized carbons (Fsp3) is 0.457. The van der Waals surface area contributed by atoms with Crippen LogP contribution in [0.5, 0.6) is 0 Å². The van der Waals surface area contributed by atoms with Crippen molar-refractivity contribution in [3.8, 4) is 6.07 Å². The van der Waals surface area contributed by atoms with Gasteiger partial charge in [-0.05, 0) is 93.1 Å². The number of hydrogen-bond acceptors (Lipinski definition) is 11. The largest absolute Gasteiger partial charge is 0.417 e. The summed E-state index contributed by atoms with van der Waals surface area (Å²) in [5.41, 5.74) is 0.176. The minimum atomic E-state index is -4.78. The first-order valence-electron chi connectivity index (χ1n) is 22.1. The van der Waals surface area contributed by atoms with Gasteiger partial charge in [0.2, 0.25) is 11.8 Å². The highest BCUT2D eigenvalue weighted by Crippen LogP contribution is 2.43. The second-order valence-electron chi connectivity index (χ2n) is 18.1. The molecule has 338 valence electrons. The van der Waals surface area contributed by atoms with Crippen molar-refractivity contribution in [1.82, 2.24) is 29.2 Å². The van der Waals surface area contributed by atoms with Crippen molar-refractivity contribution in [3.05, 3.63) is 87.3 Å². The van der Waals surface area contributed by atoms with Crippen molar-refractivity contribution in [1.29, 1.82) is 5.26 Å².